The molecular formula is C10H15N5O2. The number of anilines is 2. The monoisotopic (exact) mass is 237 g/mol. The van der Waals surface area contributed by atoms with Gasteiger partial charge in [-0.1, -0.05) is 0 Å². The third kappa shape index (κ3) is 2.08. The molecule has 1 aliphatic heterocycles. The van der Waals surface area contributed by atoms with Gasteiger partial charge in [0.2, 0.25) is 11.8 Å². The maximum absolute atomic E-state index is 11.6. The second kappa shape index (κ2) is 4.08. The van der Waals surface area contributed by atoms with Gasteiger partial charge in [0, 0.05) is 13.5 Å². The molecule has 1 aromatic rings. The van der Waals surface area contributed by atoms with Crippen LogP contribution in [-0.4, -0.2) is 27.6 Å². The molecule has 0 spiro atoms. The van der Waals surface area contributed by atoms with Gasteiger partial charge in [-0.2, -0.15) is 5.10 Å². The molecule has 0 bridgehead atoms. The van der Waals surface area contributed by atoms with Crippen molar-refractivity contribution in [3.05, 3.63) is 5.69 Å². The Hall–Kier alpha value is -2.05. The number of hydrogen-bond acceptors (Lipinski definition) is 5. The minimum atomic E-state index is -0.440. The first-order valence-corrected chi connectivity index (χ1v) is 5.38. The van der Waals surface area contributed by atoms with Crippen LogP contribution >= 0.6 is 0 Å². The third-order valence-corrected chi connectivity index (χ3v) is 2.82. The van der Waals surface area contributed by atoms with Crippen LogP contribution in [0.15, 0.2) is 0 Å². The predicted molar refractivity (Wildman–Crippen MR) is 62.2 cm³/mol. The lowest BCUT2D eigenvalue weighted by Gasteiger charge is -2.22. The number of aryl methyl sites for hydroxylation is 2. The minimum absolute atomic E-state index is 0.234. The number of amides is 2. The standard InChI is InChI=1S/C10H15N5O2/c1-5-8(11)9(15(2)14-5)12-6-3-4-7(16)13-10(6)17/h6,12H,3-4,11H2,1-2H3,(H,13,16,17). The van der Waals surface area contributed by atoms with Gasteiger partial charge in [0.05, 0.1) is 11.4 Å². The first-order valence-electron chi connectivity index (χ1n) is 5.38. The fourth-order valence-electron chi connectivity index (χ4n) is 1.84. The molecule has 2 heterocycles. The van der Waals surface area contributed by atoms with Crippen molar-refractivity contribution in [2.75, 3.05) is 11.1 Å². The van der Waals surface area contributed by atoms with Crippen LogP contribution in [0.2, 0.25) is 0 Å². The first-order chi connectivity index (χ1) is 7.99. The highest BCUT2D eigenvalue weighted by Crippen LogP contribution is 2.23. The van der Waals surface area contributed by atoms with Gasteiger partial charge in [0.25, 0.3) is 0 Å². The minimum Gasteiger partial charge on any atom is -0.394 e. The van der Waals surface area contributed by atoms with E-state index in [0.717, 1.165) is 0 Å². The molecule has 1 unspecified atom stereocenters. The normalized spacial score (nSPS) is 20.2. The lowest BCUT2D eigenvalue weighted by molar-refractivity contribution is -0.133. The number of imide groups is 1. The van der Waals surface area contributed by atoms with Crippen LogP contribution in [0.25, 0.3) is 0 Å². The van der Waals surface area contributed by atoms with Crippen LogP contribution in [0.1, 0.15) is 18.5 Å². The molecule has 1 fully saturated rings. The average Bonchev–Trinajstić information content (AvgIpc) is 2.48. The van der Waals surface area contributed by atoms with Crippen molar-refractivity contribution in [3.63, 3.8) is 0 Å². The summed E-state index contributed by atoms with van der Waals surface area (Å²) in [6.45, 7) is 1.80. The topological polar surface area (TPSA) is 102 Å². The van der Waals surface area contributed by atoms with Crippen LogP contribution in [0.4, 0.5) is 11.5 Å². The Balaban J connectivity index is 2.16. The van der Waals surface area contributed by atoms with E-state index in [4.69, 9.17) is 5.73 Å². The fraction of sp³-hybridized carbons (Fsp3) is 0.500. The van der Waals surface area contributed by atoms with Crippen molar-refractivity contribution in [2.24, 2.45) is 7.05 Å². The van der Waals surface area contributed by atoms with Gasteiger partial charge in [-0.05, 0) is 13.3 Å². The summed E-state index contributed by atoms with van der Waals surface area (Å²) in [5.74, 6) is 0.0544. The second-order valence-corrected chi connectivity index (χ2v) is 4.12. The number of nitrogens with zero attached hydrogens (tertiary/aromatic N) is 2. The molecule has 0 aliphatic carbocycles. The summed E-state index contributed by atoms with van der Waals surface area (Å²) in [4.78, 5) is 22.6. The number of piperidine rings is 1. The quantitative estimate of drug-likeness (QED) is 0.603. The van der Waals surface area contributed by atoms with Crippen LogP contribution in [0.5, 0.6) is 0 Å². The molecule has 7 heteroatoms. The Morgan fingerprint density at radius 1 is 1.53 bits per heavy atom. The second-order valence-electron chi connectivity index (χ2n) is 4.12. The van der Waals surface area contributed by atoms with Crippen LogP contribution in [0, 0.1) is 6.92 Å². The molecule has 92 valence electrons. The van der Waals surface area contributed by atoms with E-state index in [9.17, 15) is 9.59 Å². The van der Waals surface area contributed by atoms with E-state index in [2.05, 4.69) is 15.7 Å². The van der Waals surface area contributed by atoms with Crippen molar-refractivity contribution in [2.45, 2.75) is 25.8 Å². The highest BCUT2D eigenvalue weighted by atomic mass is 16.2. The molecule has 0 radical (unpaired) electrons. The zero-order chi connectivity index (χ0) is 12.6. The average molecular weight is 237 g/mol. The highest BCUT2D eigenvalue weighted by molar-refractivity contribution is 6.01. The lowest BCUT2D eigenvalue weighted by Crippen LogP contribution is -2.47. The number of aromatic nitrogens is 2. The number of nitrogens with two attached hydrogens (primary N) is 1. The molecule has 2 rings (SSSR count). The van der Waals surface area contributed by atoms with E-state index < -0.39 is 6.04 Å². The van der Waals surface area contributed by atoms with Crippen molar-refractivity contribution < 1.29 is 9.59 Å². The van der Waals surface area contributed by atoms with Crippen LogP contribution in [-0.2, 0) is 16.6 Å². The van der Waals surface area contributed by atoms with Gasteiger partial charge in [-0.25, -0.2) is 0 Å². The maximum Gasteiger partial charge on any atom is 0.249 e. The van der Waals surface area contributed by atoms with Crippen molar-refractivity contribution in [1.82, 2.24) is 15.1 Å². The highest BCUT2D eigenvalue weighted by Gasteiger charge is 2.27. The number of hydrogen-bond donors (Lipinski definition) is 3. The molecule has 7 nitrogen and oxygen atoms in total. The smallest absolute Gasteiger partial charge is 0.249 e. The van der Waals surface area contributed by atoms with Gasteiger partial charge in [0.1, 0.15) is 11.9 Å². The Bertz CT molecular complexity index is 479. The molecule has 1 saturated heterocycles. The fourth-order valence-corrected chi connectivity index (χ4v) is 1.84. The summed E-state index contributed by atoms with van der Waals surface area (Å²) in [5.41, 5.74) is 7.08. The Morgan fingerprint density at radius 3 is 2.76 bits per heavy atom. The number of nitrogen functional groups attached to an aromatic ring is 1. The maximum atomic E-state index is 11.6. The third-order valence-electron chi connectivity index (χ3n) is 2.82. The predicted octanol–water partition coefficient (Wildman–Crippen LogP) is -0.472. The molecule has 0 saturated carbocycles. The summed E-state index contributed by atoms with van der Waals surface area (Å²) in [6.07, 6.45) is 0.800. The Morgan fingerprint density at radius 2 is 2.24 bits per heavy atom. The molecule has 4 N–H and O–H groups in total. The molecule has 0 aromatic carbocycles. The van der Waals surface area contributed by atoms with E-state index >= 15 is 0 Å². The first kappa shape index (κ1) is 11.4. The van der Waals surface area contributed by atoms with E-state index in [-0.39, 0.29) is 11.8 Å². The largest absolute Gasteiger partial charge is 0.394 e. The van der Waals surface area contributed by atoms with Gasteiger partial charge < -0.3 is 11.1 Å². The molecule has 2 amide bonds. The van der Waals surface area contributed by atoms with Gasteiger partial charge in [-0.15, -0.1) is 0 Å². The van der Waals surface area contributed by atoms with Gasteiger partial charge >= 0.3 is 0 Å². The molecule has 1 aromatic heterocycles. The summed E-state index contributed by atoms with van der Waals surface area (Å²) in [5, 5.41) is 9.45. The SMILES string of the molecule is Cc1nn(C)c(NC2CCC(=O)NC2=O)c1N. The van der Waals surface area contributed by atoms with Crippen molar-refractivity contribution in [3.8, 4) is 0 Å². The van der Waals surface area contributed by atoms with E-state index in [1.54, 1.807) is 18.7 Å². The zero-order valence-corrected chi connectivity index (χ0v) is 9.78. The summed E-state index contributed by atoms with van der Waals surface area (Å²) in [7, 11) is 1.75. The summed E-state index contributed by atoms with van der Waals surface area (Å²) in [6, 6.07) is -0.440. The summed E-state index contributed by atoms with van der Waals surface area (Å²) < 4.78 is 1.59. The van der Waals surface area contributed by atoms with Gasteiger partial charge in [0.15, 0.2) is 0 Å². The Kier molecular flexibility index (Phi) is 2.74. The number of carbonyl (C=O) groups is 2. The molecule has 1 aliphatic rings. The van der Waals surface area contributed by atoms with Crippen molar-refractivity contribution >= 4 is 23.3 Å². The van der Waals surface area contributed by atoms with Crippen LogP contribution < -0.4 is 16.4 Å². The number of carbonyl (C=O) groups excluding carboxylic acids is 2. The van der Waals surface area contributed by atoms with Gasteiger partial charge in [-0.3, -0.25) is 19.6 Å². The van der Waals surface area contributed by atoms with E-state index in [1.807, 2.05) is 0 Å². The Labute approximate surface area is 98.4 Å². The summed E-state index contributed by atoms with van der Waals surface area (Å²) >= 11 is 0. The van der Waals surface area contributed by atoms with E-state index in [0.29, 0.717) is 30.0 Å². The van der Waals surface area contributed by atoms with E-state index in [1.165, 1.54) is 0 Å². The van der Waals surface area contributed by atoms with Crippen molar-refractivity contribution in [1.29, 1.82) is 0 Å². The number of nitrogens with one attached hydrogen (secondary N) is 2. The zero-order valence-electron chi connectivity index (χ0n) is 9.78. The molecule has 17 heavy (non-hydrogen) atoms. The molecular weight excluding hydrogens is 222 g/mol. The van der Waals surface area contributed by atoms with Crippen LogP contribution in [0.3, 0.4) is 0 Å². The number of rotatable bonds is 2. The molecule has 1 atom stereocenters. The lowest BCUT2D eigenvalue weighted by atomic mass is 10.1.